The van der Waals surface area contributed by atoms with Crippen LogP contribution in [-0.2, 0) is 17.8 Å². The molecule has 4 rings (SSSR count). The van der Waals surface area contributed by atoms with Crippen LogP contribution in [0.25, 0.3) is 11.2 Å². The molecular formula is C18H18N6O2S. The second kappa shape index (κ2) is 6.66. The van der Waals surface area contributed by atoms with Crippen LogP contribution in [0.5, 0.6) is 0 Å². The normalized spacial score (nSPS) is 13.3. The van der Waals surface area contributed by atoms with Crippen LogP contribution in [0.3, 0.4) is 0 Å². The van der Waals surface area contributed by atoms with E-state index in [0.717, 1.165) is 28.0 Å². The molecule has 0 bridgehead atoms. The van der Waals surface area contributed by atoms with Crippen LogP contribution in [0, 0.1) is 6.92 Å². The van der Waals surface area contributed by atoms with Crippen LogP contribution in [-0.4, -0.2) is 31.2 Å². The van der Waals surface area contributed by atoms with Gasteiger partial charge < -0.3 is 16.0 Å². The lowest BCUT2D eigenvalue weighted by Gasteiger charge is -2.10. The number of anilines is 1. The third-order valence-corrected chi connectivity index (χ3v) is 5.78. The molecule has 0 spiro atoms. The van der Waals surface area contributed by atoms with Gasteiger partial charge >= 0.3 is 0 Å². The molecule has 1 aliphatic rings. The molecule has 2 aromatic heterocycles. The van der Waals surface area contributed by atoms with Crippen LogP contribution < -0.4 is 11.5 Å². The number of carbonyl (C=O) groups excluding carboxylic acids is 2. The van der Waals surface area contributed by atoms with E-state index in [1.807, 2.05) is 17.6 Å². The Morgan fingerprint density at radius 2 is 2.11 bits per heavy atom. The van der Waals surface area contributed by atoms with E-state index in [2.05, 4.69) is 21.0 Å². The van der Waals surface area contributed by atoms with Gasteiger partial charge in [0.05, 0.1) is 0 Å². The molecule has 9 heteroatoms. The molecule has 0 saturated heterocycles. The van der Waals surface area contributed by atoms with Crippen LogP contribution in [0.4, 0.5) is 5.82 Å². The van der Waals surface area contributed by atoms with E-state index in [9.17, 15) is 9.59 Å². The van der Waals surface area contributed by atoms with Crippen LogP contribution >= 0.6 is 11.8 Å². The fourth-order valence-corrected chi connectivity index (χ4v) is 4.26. The van der Waals surface area contributed by atoms with Crippen molar-refractivity contribution in [3.63, 3.8) is 0 Å². The lowest BCUT2D eigenvalue weighted by molar-refractivity contribution is -0.118. The van der Waals surface area contributed by atoms with Gasteiger partial charge in [-0.1, -0.05) is 17.8 Å². The SMILES string of the molecule is Cc1cc2c(cc1Sc1nc3c(N)ncnc3n1CCC(N)=O)C(=O)CC2. The molecule has 3 aromatic rings. The van der Waals surface area contributed by atoms with E-state index in [4.69, 9.17) is 11.5 Å². The summed E-state index contributed by atoms with van der Waals surface area (Å²) >= 11 is 1.42. The van der Waals surface area contributed by atoms with E-state index in [1.165, 1.54) is 18.1 Å². The van der Waals surface area contributed by atoms with Gasteiger partial charge in [-0.15, -0.1) is 0 Å². The number of amides is 1. The molecule has 0 unspecified atom stereocenters. The maximum Gasteiger partial charge on any atom is 0.219 e. The number of fused-ring (bicyclic) bond motifs is 2. The highest BCUT2D eigenvalue weighted by Crippen LogP contribution is 2.36. The largest absolute Gasteiger partial charge is 0.382 e. The number of rotatable bonds is 5. The first-order valence-corrected chi connectivity index (χ1v) is 9.35. The topological polar surface area (TPSA) is 130 Å². The highest BCUT2D eigenvalue weighted by Gasteiger charge is 2.22. The van der Waals surface area contributed by atoms with Gasteiger partial charge in [0.2, 0.25) is 5.91 Å². The molecule has 0 radical (unpaired) electrons. The molecule has 0 aliphatic heterocycles. The molecule has 0 atom stereocenters. The minimum Gasteiger partial charge on any atom is -0.382 e. The standard InChI is InChI=1S/C18H18N6O2S/c1-9-6-10-2-3-12(25)11(10)7-13(9)27-18-23-15-16(20)21-8-22-17(15)24(18)5-4-14(19)26/h6-8H,2-5H2,1H3,(H2,19,26)(H2,20,21,22). The van der Waals surface area contributed by atoms with Gasteiger partial charge in [0.25, 0.3) is 0 Å². The monoisotopic (exact) mass is 382 g/mol. The quantitative estimate of drug-likeness (QED) is 0.689. The Morgan fingerprint density at radius 1 is 1.30 bits per heavy atom. The van der Waals surface area contributed by atoms with E-state index in [-0.39, 0.29) is 18.0 Å². The molecule has 8 nitrogen and oxygen atoms in total. The van der Waals surface area contributed by atoms with E-state index in [0.29, 0.717) is 29.3 Å². The lowest BCUT2D eigenvalue weighted by atomic mass is 10.1. The summed E-state index contributed by atoms with van der Waals surface area (Å²) in [5.41, 5.74) is 15.2. The van der Waals surface area contributed by atoms with Crippen molar-refractivity contribution in [2.24, 2.45) is 5.73 Å². The number of nitrogens with two attached hydrogens (primary N) is 2. The minimum atomic E-state index is -0.408. The number of hydrogen-bond acceptors (Lipinski definition) is 7. The van der Waals surface area contributed by atoms with Gasteiger partial charge in [-0.25, -0.2) is 15.0 Å². The molecule has 2 heterocycles. The Bertz CT molecular complexity index is 1090. The maximum absolute atomic E-state index is 12.1. The summed E-state index contributed by atoms with van der Waals surface area (Å²) in [5, 5.41) is 0.631. The predicted molar refractivity (Wildman–Crippen MR) is 102 cm³/mol. The summed E-state index contributed by atoms with van der Waals surface area (Å²) in [4.78, 5) is 37.1. The first-order valence-electron chi connectivity index (χ1n) is 8.53. The summed E-state index contributed by atoms with van der Waals surface area (Å²) in [6.45, 7) is 2.35. The van der Waals surface area contributed by atoms with Crippen LogP contribution in [0.1, 0.15) is 34.3 Å². The van der Waals surface area contributed by atoms with Crippen molar-refractivity contribution in [2.45, 2.75) is 42.8 Å². The molecule has 1 aromatic carbocycles. The van der Waals surface area contributed by atoms with Crippen molar-refractivity contribution in [1.29, 1.82) is 0 Å². The number of ketones is 1. The molecule has 1 aliphatic carbocycles. The van der Waals surface area contributed by atoms with Gasteiger partial charge in [0.15, 0.2) is 27.9 Å². The zero-order valence-electron chi connectivity index (χ0n) is 14.7. The van der Waals surface area contributed by atoms with Crippen molar-refractivity contribution in [2.75, 3.05) is 5.73 Å². The van der Waals surface area contributed by atoms with Gasteiger partial charge in [-0.05, 0) is 30.5 Å². The van der Waals surface area contributed by atoms with Gasteiger partial charge in [0.1, 0.15) is 6.33 Å². The number of nitrogens with zero attached hydrogens (tertiary/aromatic N) is 4. The third-order valence-electron chi connectivity index (χ3n) is 4.63. The fraction of sp³-hybridized carbons (Fsp3) is 0.278. The number of hydrogen-bond donors (Lipinski definition) is 2. The first kappa shape index (κ1) is 17.5. The van der Waals surface area contributed by atoms with Crippen molar-refractivity contribution in [3.05, 3.63) is 35.2 Å². The molecule has 4 N–H and O–H groups in total. The predicted octanol–water partition coefficient (Wildman–Crippen LogP) is 1.87. The summed E-state index contributed by atoms with van der Waals surface area (Å²) < 4.78 is 1.82. The molecule has 1 amide bonds. The Morgan fingerprint density at radius 3 is 2.89 bits per heavy atom. The summed E-state index contributed by atoms with van der Waals surface area (Å²) in [7, 11) is 0. The van der Waals surface area contributed by atoms with Crippen molar-refractivity contribution < 1.29 is 9.59 Å². The van der Waals surface area contributed by atoms with Crippen LogP contribution in [0.15, 0.2) is 28.5 Å². The van der Waals surface area contributed by atoms with Crippen molar-refractivity contribution in [1.82, 2.24) is 19.5 Å². The van der Waals surface area contributed by atoms with Crippen molar-refractivity contribution >= 4 is 40.4 Å². The highest BCUT2D eigenvalue weighted by molar-refractivity contribution is 7.99. The number of imidazole rings is 1. The average molecular weight is 382 g/mol. The van der Waals surface area contributed by atoms with Crippen LogP contribution in [0.2, 0.25) is 0 Å². The van der Waals surface area contributed by atoms with Gasteiger partial charge in [-0.2, -0.15) is 0 Å². The molecule has 0 saturated carbocycles. The number of nitrogen functional groups attached to an aromatic ring is 1. The van der Waals surface area contributed by atoms with Gasteiger partial charge in [-0.3, -0.25) is 9.59 Å². The Balaban J connectivity index is 1.79. The first-order chi connectivity index (χ1) is 12.9. The zero-order valence-corrected chi connectivity index (χ0v) is 15.5. The average Bonchev–Trinajstić information content (AvgIpc) is 3.15. The highest BCUT2D eigenvalue weighted by atomic mass is 32.2. The van der Waals surface area contributed by atoms with Crippen molar-refractivity contribution in [3.8, 4) is 0 Å². The smallest absolute Gasteiger partial charge is 0.219 e. The number of carbonyl (C=O) groups is 2. The minimum absolute atomic E-state index is 0.157. The number of benzene rings is 1. The third kappa shape index (κ3) is 3.14. The fourth-order valence-electron chi connectivity index (χ4n) is 3.24. The molecule has 138 valence electrons. The molecule has 27 heavy (non-hydrogen) atoms. The maximum atomic E-state index is 12.1. The summed E-state index contributed by atoms with van der Waals surface area (Å²) in [6, 6.07) is 3.99. The number of aryl methyl sites for hydroxylation is 3. The number of aromatic nitrogens is 4. The van der Waals surface area contributed by atoms with E-state index in [1.54, 1.807) is 0 Å². The zero-order chi connectivity index (χ0) is 19.1. The molecular weight excluding hydrogens is 364 g/mol. The molecule has 0 fully saturated rings. The second-order valence-electron chi connectivity index (χ2n) is 6.49. The van der Waals surface area contributed by atoms with Gasteiger partial charge in [0, 0.05) is 29.8 Å². The number of Topliss-reactive ketones (excluding diaryl/α,β-unsaturated/α-hetero) is 1. The Hall–Kier alpha value is -2.94. The van der Waals surface area contributed by atoms with E-state index >= 15 is 0 Å². The Kier molecular flexibility index (Phi) is 4.31. The van der Waals surface area contributed by atoms with E-state index < -0.39 is 5.91 Å². The number of primary amides is 1. The second-order valence-corrected chi connectivity index (χ2v) is 7.50. The lowest BCUT2D eigenvalue weighted by Crippen LogP contribution is -2.14. The Labute approximate surface area is 159 Å². The summed E-state index contributed by atoms with van der Waals surface area (Å²) in [5.74, 6) is 0.0406. The summed E-state index contributed by atoms with van der Waals surface area (Å²) in [6.07, 6.45) is 2.88.